The minimum absolute atomic E-state index is 0.0429. The molecule has 0 aliphatic carbocycles. The minimum Gasteiger partial charge on any atom is -0.330 e. The van der Waals surface area contributed by atoms with Crippen molar-refractivity contribution in [1.82, 2.24) is 0 Å². The van der Waals surface area contributed by atoms with E-state index in [-0.39, 0.29) is 29.4 Å². The highest BCUT2D eigenvalue weighted by Crippen LogP contribution is 2.30. The Kier molecular flexibility index (Phi) is 5.69. The van der Waals surface area contributed by atoms with E-state index in [9.17, 15) is 14.0 Å². The maximum Gasteiger partial charge on any atom is 0.285 e. The third kappa shape index (κ3) is 4.08. The average Bonchev–Trinajstić information content (AvgIpc) is 2.63. The summed E-state index contributed by atoms with van der Waals surface area (Å²) in [5.74, 6) is -1.02. The Labute approximate surface area is 166 Å². The van der Waals surface area contributed by atoms with Crippen molar-refractivity contribution in [2.45, 2.75) is 25.9 Å². The molecule has 0 bridgehead atoms. The number of benzene rings is 2. The summed E-state index contributed by atoms with van der Waals surface area (Å²) in [7, 11) is 0. The van der Waals surface area contributed by atoms with Crippen molar-refractivity contribution in [3.05, 3.63) is 57.8 Å². The predicted octanol–water partition coefficient (Wildman–Crippen LogP) is 3.13. The molecule has 1 aliphatic heterocycles. The average molecular weight is 411 g/mol. The zero-order valence-electron chi connectivity index (χ0n) is 14.8. The number of carbonyl (C=O) groups is 2. The molecule has 1 heterocycles. The van der Waals surface area contributed by atoms with Crippen LogP contribution in [-0.4, -0.2) is 24.4 Å². The van der Waals surface area contributed by atoms with Crippen LogP contribution in [0.3, 0.4) is 0 Å². The zero-order chi connectivity index (χ0) is 19.7. The summed E-state index contributed by atoms with van der Waals surface area (Å²) in [6.45, 7) is 3.53. The Hall–Kier alpha value is -2.15. The standard InChI is InChI=1S/C19H18Cl2FN3O2/c1-10(12-7-15(22)14(21)8-13(12)20)23-11(2)19(27)25-9-18(26)24-16-5-3-4-6-17(16)25/h3-8,10-11,23H,9H2,1-2H3,(H,24,26)/p+1/t10-,11-/m0/s1. The Bertz CT molecular complexity index is 907. The topological polar surface area (TPSA) is 66.0 Å². The molecular formula is C19H19Cl2FN3O2+. The first-order valence-corrected chi connectivity index (χ1v) is 9.23. The van der Waals surface area contributed by atoms with Gasteiger partial charge in [-0.3, -0.25) is 14.5 Å². The molecule has 2 amide bonds. The third-order valence-corrected chi connectivity index (χ3v) is 5.15. The minimum atomic E-state index is -0.558. The van der Waals surface area contributed by atoms with Crippen molar-refractivity contribution < 1.29 is 19.3 Å². The van der Waals surface area contributed by atoms with E-state index in [0.717, 1.165) is 0 Å². The second-order valence-corrected chi connectivity index (χ2v) is 7.36. The van der Waals surface area contributed by atoms with E-state index < -0.39 is 11.9 Å². The Balaban J connectivity index is 1.78. The normalized spacial score (nSPS) is 15.7. The number of hydrogen-bond acceptors (Lipinski definition) is 2. The molecule has 0 unspecified atom stereocenters. The molecule has 3 N–H and O–H groups in total. The molecule has 1 aliphatic rings. The van der Waals surface area contributed by atoms with Crippen LogP contribution in [0.15, 0.2) is 36.4 Å². The molecule has 0 spiro atoms. The first-order valence-electron chi connectivity index (χ1n) is 8.47. The van der Waals surface area contributed by atoms with Gasteiger partial charge in [-0.15, -0.1) is 0 Å². The summed E-state index contributed by atoms with van der Waals surface area (Å²) in [6, 6.07) is 8.99. The monoisotopic (exact) mass is 410 g/mol. The van der Waals surface area contributed by atoms with Crippen molar-refractivity contribution in [2.24, 2.45) is 0 Å². The molecule has 0 fully saturated rings. The maximum atomic E-state index is 13.8. The van der Waals surface area contributed by atoms with Crippen LogP contribution in [0.5, 0.6) is 0 Å². The van der Waals surface area contributed by atoms with Gasteiger partial charge in [0, 0.05) is 5.56 Å². The van der Waals surface area contributed by atoms with Crippen LogP contribution >= 0.6 is 23.2 Å². The second-order valence-electron chi connectivity index (χ2n) is 6.55. The lowest BCUT2D eigenvalue weighted by Gasteiger charge is -2.30. The predicted molar refractivity (Wildman–Crippen MR) is 104 cm³/mol. The molecule has 8 heteroatoms. The number of carbonyl (C=O) groups excluding carboxylic acids is 2. The number of anilines is 2. The number of amides is 2. The van der Waals surface area contributed by atoms with Gasteiger partial charge < -0.3 is 10.6 Å². The van der Waals surface area contributed by atoms with Crippen LogP contribution in [0.2, 0.25) is 10.0 Å². The molecule has 142 valence electrons. The van der Waals surface area contributed by atoms with Crippen molar-refractivity contribution in [2.75, 3.05) is 16.8 Å². The number of fused-ring (bicyclic) bond motifs is 1. The van der Waals surface area contributed by atoms with Gasteiger partial charge in [0.05, 0.1) is 21.4 Å². The molecule has 3 rings (SSSR count). The second kappa shape index (κ2) is 7.84. The van der Waals surface area contributed by atoms with Gasteiger partial charge in [-0.05, 0) is 38.1 Å². The van der Waals surface area contributed by atoms with Gasteiger partial charge >= 0.3 is 0 Å². The number of nitrogens with zero attached hydrogens (tertiary/aromatic N) is 1. The molecule has 0 saturated carbocycles. The molecule has 27 heavy (non-hydrogen) atoms. The van der Waals surface area contributed by atoms with E-state index in [1.54, 1.807) is 30.4 Å². The first-order chi connectivity index (χ1) is 12.8. The largest absolute Gasteiger partial charge is 0.330 e. The fourth-order valence-corrected chi connectivity index (χ4v) is 3.74. The number of nitrogens with two attached hydrogens (primary N) is 1. The smallest absolute Gasteiger partial charge is 0.285 e. The maximum absolute atomic E-state index is 13.8. The first kappa shape index (κ1) is 19.6. The van der Waals surface area contributed by atoms with Crippen LogP contribution in [0.4, 0.5) is 15.8 Å². The van der Waals surface area contributed by atoms with Gasteiger partial charge in [0.1, 0.15) is 18.4 Å². The number of nitrogens with one attached hydrogen (secondary N) is 1. The zero-order valence-corrected chi connectivity index (χ0v) is 16.3. The highest BCUT2D eigenvalue weighted by Gasteiger charge is 2.32. The van der Waals surface area contributed by atoms with Crippen molar-refractivity contribution in [3.63, 3.8) is 0 Å². The van der Waals surface area contributed by atoms with E-state index >= 15 is 0 Å². The summed E-state index contributed by atoms with van der Waals surface area (Å²) in [5, 5.41) is 4.83. The van der Waals surface area contributed by atoms with E-state index in [0.29, 0.717) is 22.0 Å². The van der Waals surface area contributed by atoms with Gasteiger partial charge in [-0.1, -0.05) is 35.3 Å². The third-order valence-electron chi connectivity index (χ3n) is 4.53. The van der Waals surface area contributed by atoms with Crippen LogP contribution in [0.25, 0.3) is 0 Å². The van der Waals surface area contributed by atoms with Gasteiger partial charge in [0.2, 0.25) is 5.91 Å². The summed E-state index contributed by atoms with van der Waals surface area (Å²) in [4.78, 5) is 26.4. The van der Waals surface area contributed by atoms with E-state index in [1.165, 1.54) is 17.0 Å². The Morgan fingerprint density at radius 2 is 1.93 bits per heavy atom. The van der Waals surface area contributed by atoms with Crippen LogP contribution < -0.4 is 15.5 Å². The molecule has 5 nitrogen and oxygen atoms in total. The molecular weight excluding hydrogens is 392 g/mol. The van der Waals surface area contributed by atoms with Gasteiger partial charge in [0.25, 0.3) is 5.91 Å². The number of quaternary nitrogens is 1. The highest BCUT2D eigenvalue weighted by molar-refractivity contribution is 6.35. The molecule has 0 saturated heterocycles. The van der Waals surface area contributed by atoms with E-state index in [1.807, 2.05) is 13.0 Å². The Morgan fingerprint density at radius 1 is 1.22 bits per heavy atom. The van der Waals surface area contributed by atoms with Crippen molar-refractivity contribution >= 4 is 46.4 Å². The quantitative estimate of drug-likeness (QED) is 0.760. The number of rotatable bonds is 4. The summed E-state index contributed by atoms with van der Waals surface area (Å²) in [5.41, 5.74) is 1.81. The Morgan fingerprint density at radius 3 is 2.67 bits per heavy atom. The van der Waals surface area contributed by atoms with Gasteiger partial charge in [-0.2, -0.15) is 0 Å². The SMILES string of the molecule is C[C@H]([NH2+][C@@H](C)c1cc(F)c(Cl)cc1Cl)C(=O)N1CC(=O)Nc2ccccc21. The molecule has 0 aromatic heterocycles. The lowest BCUT2D eigenvalue weighted by molar-refractivity contribution is -0.710. The van der Waals surface area contributed by atoms with Crippen molar-refractivity contribution in [1.29, 1.82) is 0 Å². The van der Waals surface area contributed by atoms with E-state index in [2.05, 4.69) is 5.32 Å². The molecule has 2 aromatic rings. The van der Waals surface area contributed by atoms with Crippen LogP contribution in [0.1, 0.15) is 25.5 Å². The fourth-order valence-electron chi connectivity index (χ4n) is 3.18. The lowest BCUT2D eigenvalue weighted by Crippen LogP contribution is -2.92. The van der Waals surface area contributed by atoms with Gasteiger partial charge in [0.15, 0.2) is 6.04 Å². The van der Waals surface area contributed by atoms with Crippen LogP contribution in [-0.2, 0) is 9.59 Å². The summed E-state index contributed by atoms with van der Waals surface area (Å²) in [6.07, 6.45) is 0. The lowest BCUT2D eigenvalue weighted by atomic mass is 10.1. The van der Waals surface area contributed by atoms with Crippen LogP contribution in [0, 0.1) is 5.82 Å². The summed E-state index contributed by atoms with van der Waals surface area (Å²) >= 11 is 11.9. The molecule has 0 radical (unpaired) electrons. The number of para-hydroxylation sites is 2. The van der Waals surface area contributed by atoms with Gasteiger partial charge in [-0.25, -0.2) is 4.39 Å². The number of hydrogen-bond donors (Lipinski definition) is 2. The number of halogens is 3. The molecule has 2 aromatic carbocycles. The molecule has 2 atom stereocenters. The highest BCUT2D eigenvalue weighted by atomic mass is 35.5. The van der Waals surface area contributed by atoms with Crippen molar-refractivity contribution in [3.8, 4) is 0 Å². The summed E-state index contributed by atoms with van der Waals surface area (Å²) < 4.78 is 13.8. The fraction of sp³-hybridized carbons (Fsp3) is 0.263. The van der Waals surface area contributed by atoms with E-state index in [4.69, 9.17) is 23.2 Å².